The Bertz CT molecular complexity index is 1060. The highest BCUT2D eigenvalue weighted by Crippen LogP contribution is 2.29. The second-order valence-corrected chi connectivity index (χ2v) is 8.22. The number of nitrogens with zero attached hydrogens (tertiary/aromatic N) is 4. The van der Waals surface area contributed by atoms with Crippen LogP contribution in [0.3, 0.4) is 0 Å². The van der Waals surface area contributed by atoms with Crippen molar-refractivity contribution in [3.05, 3.63) is 71.8 Å². The van der Waals surface area contributed by atoms with Crippen molar-refractivity contribution < 1.29 is 8.42 Å². The van der Waals surface area contributed by atoms with Crippen LogP contribution in [0.1, 0.15) is 17.1 Å². The van der Waals surface area contributed by atoms with Gasteiger partial charge in [0.05, 0.1) is 10.6 Å². The number of benzene rings is 1. The Morgan fingerprint density at radius 2 is 1.81 bits per heavy atom. The van der Waals surface area contributed by atoms with Crippen molar-refractivity contribution in [2.45, 2.75) is 24.8 Å². The van der Waals surface area contributed by atoms with Gasteiger partial charge in [0.2, 0.25) is 10.0 Å². The summed E-state index contributed by atoms with van der Waals surface area (Å²) in [5, 5.41) is 3.20. The van der Waals surface area contributed by atoms with Crippen molar-refractivity contribution >= 4 is 21.7 Å². The molecule has 1 aromatic carbocycles. The Balaban J connectivity index is 1.69. The Hall–Kier alpha value is -2.84. The van der Waals surface area contributed by atoms with Gasteiger partial charge in [-0.3, -0.25) is 0 Å². The van der Waals surface area contributed by atoms with Crippen LogP contribution in [0.5, 0.6) is 0 Å². The van der Waals surface area contributed by atoms with Crippen molar-refractivity contribution in [3.8, 4) is 0 Å². The molecule has 7 nitrogen and oxygen atoms in total. The summed E-state index contributed by atoms with van der Waals surface area (Å²) in [6.07, 6.45) is 2.23. The van der Waals surface area contributed by atoms with Crippen molar-refractivity contribution in [3.63, 3.8) is 0 Å². The number of aromatic nitrogens is 3. The minimum absolute atomic E-state index is 0.224. The minimum atomic E-state index is -3.57. The van der Waals surface area contributed by atoms with Gasteiger partial charge in [-0.2, -0.15) is 4.31 Å². The van der Waals surface area contributed by atoms with Crippen molar-refractivity contribution in [2.75, 3.05) is 11.9 Å². The third-order valence-corrected chi connectivity index (χ3v) is 6.29. The van der Waals surface area contributed by atoms with Crippen LogP contribution in [-0.4, -0.2) is 34.2 Å². The molecule has 8 heteroatoms. The summed E-state index contributed by atoms with van der Waals surface area (Å²) in [4.78, 5) is 13.6. The Labute approximate surface area is 158 Å². The molecule has 0 aliphatic carbocycles. The van der Waals surface area contributed by atoms with E-state index in [4.69, 9.17) is 0 Å². The van der Waals surface area contributed by atoms with Crippen LogP contribution in [0.15, 0.2) is 59.6 Å². The first-order chi connectivity index (χ1) is 13.0. The lowest BCUT2D eigenvalue weighted by molar-refractivity contribution is 0.387. The Kier molecular flexibility index (Phi) is 4.59. The van der Waals surface area contributed by atoms with E-state index in [1.54, 1.807) is 36.5 Å². The lowest BCUT2D eigenvalue weighted by Crippen LogP contribution is -2.37. The number of nitrogens with one attached hydrogen (secondary N) is 1. The van der Waals surface area contributed by atoms with E-state index in [-0.39, 0.29) is 6.54 Å². The van der Waals surface area contributed by atoms with Crippen molar-refractivity contribution in [1.82, 2.24) is 19.3 Å². The molecule has 138 valence electrons. The quantitative estimate of drug-likeness (QED) is 0.747. The third-order valence-electron chi connectivity index (χ3n) is 4.43. The van der Waals surface area contributed by atoms with Crippen LogP contribution in [0, 0.1) is 6.92 Å². The summed E-state index contributed by atoms with van der Waals surface area (Å²) in [6, 6.07) is 14.0. The molecule has 0 amide bonds. The number of anilines is 2. The molecule has 0 fully saturated rings. The van der Waals surface area contributed by atoms with Gasteiger partial charge in [-0.1, -0.05) is 24.3 Å². The standard InChI is InChI=1S/C19H19N5O2S/c1-14-21-17-10-12-24(27(25,26)15-7-3-2-4-8-15)13-16(17)19(22-14)23-18-9-5-6-11-20-18/h2-9,11H,10,12-13H2,1H3,(H,20,21,22,23). The highest BCUT2D eigenvalue weighted by atomic mass is 32.2. The highest BCUT2D eigenvalue weighted by Gasteiger charge is 2.31. The van der Waals surface area contributed by atoms with Gasteiger partial charge in [0.25, 0.3) is 0 Å². The molecule has 1 aliphatic rings. The first-order valence-electron chi connectivity index (χ1n) is 8.64. The fourth-order valence-electron chi connectivity index (χ4n) is 3.12. The van der Waals surface area contributed by atoms with Gasteiger partial charge in [-0.15, -0.1) is 0 Å². The maximum Gasteiger partial charge on any atom is 0.243 e. The number of hydrogen-bond acceptors (Lipinski definition) is 6. The Morgan fingerprint density at radius 1 is 1.04 bits per heavy atom. The summed E-state index contributed by atoms with van der Waals surface area (Å²) in [5.41, 5.74) is 1.66. The number of sulfonamides is 1. The van der Waals surface area contributed by atoms with E-state index in [0.717, 1.165) is 11.3 Å². The summed E-state index contributed by atoms with van der Waals surface area (Å²) in [6.45, 7) is 2.45. The molecule has 2 aromatic heterocycles. The third kappa shape index (κ3) is 3.54. The van der Waals surface area contributed by atoms with Gasteiger partial charge in [0, 0.05) is 31.3 Å². The van der Waals surface area contributed by atoms with Gasteiger partial charge >= 0.3 is 0 Å². The SMILES string of the molecule is Cc1nc2c(c(Nc3ccccn3)n1)CN(S(=O)(=O)c1ccccc1)CC2. The number of fused-ring (bicyclic) bond motifs is 1. The molecule has 27 heavy (non-hydrogen) atoms. The molecule has 0 atom stereocenters. The molecule has 0 saturated heterocycles. The zero-order chi connectivity index (χ0) is 18.9. The van der Waals surface area contributed by atoms with E-state index in [2.05, 4.69) is 20.3 Å². The lowest BCUT2D eigenvalue weighted by Gasteiger charge is -2.29. The predicted octanol–water partition coefficient (Wildman–Crippen LogP) is 2.67. The van der Waals surface area contributed by atoms with Crippen LogP contribution in [-0.2, 0) is 23.0 Å². The topological polar surface area (TPSA) is 88.1 Å². The normalized spacial score (nSPS) is 14.6. The number of hydrogen-bond donors (Lipinski definition) is 1. The minimum Gasteiger partial charge on any atom is -0.325 e. The summed E-state index contributed by atoms with van der Waals surface area (Å²) >= 11 is 0. The van der Waals surface area contributed by atoms with Crippen molar-refractivity contribution in [1.29, 1.82) is 0 Å². The molecular weight excluding hydrogens is 362 g/mol. The lowest BCUT2D eigenvalue weighted by atomic mass is 10.1. The van der Waals surface area contributed by atoms with Gasteiger partial charge in [-0.25, -0.2) is 23.4 Å². The molecule has 3 aromatic rings. The molecule has 4 rings (SSSR count). The van der Waals surface area contributed by atoms with E-state index in [0.29, 0.717) is 35.3 Å². The fourth-order valence-corrected chi connectivity index (χ4v) is 4.55. The largest absolute Gasteiger partial charge is 0.325 e. The monoisotopic (exact) mass is 381 g/mol. The van der Waals surface area contributed by atoms with Gasteiger partial charge in [0.1, 0.15) is 17.5 Å². The van der Waals surface area contributed by atoms with Crippen LogP contribution >= 0.6 is 0 Å². The predicted molar refractivity (Wildman–Crippen MR) is 102 cm³/mol. The Morgan fingerprint density at radius 3 is 2.56 bits per heavy atom. The first kappa shape index (κ1) is 17.6. The molecule has 1 N–H and O–H groups in total. The second-order valence-electron chi connectivity index (χ2n) is 6.29. The van der Waals surface area contributed by atoms with Gasteiger partial charge in [-0.05, 0) is 31.2 Å². The fraction of sp³-hybridized carbons (Fsp3) is 0.211. The van der Waals surface area contributed by atoms with Crippen molar-refractivity contribution in [2.24, 2.45) is 0 Å². The molecule has 0 unspecified atom stereocenters. The maximum atomic E-state index is 13.0. The van der Waals surface area contributed by atoms with Crippen LogP contribution in [0.4, 0.5) is 11.6 Å². The smallest absolute Gasteiger partial charge is 0.243 e. The maximum absolute atomic E-state index is 13.0. The highest BCUT2D eigenvalue weighted by molar-refractivity contribution is 7.89. The number of pyridine rings is 1. The molecule has 0 bridgehead atoms. The molecule has 0 radical (unpaired) electrons. The van der Waals surface area contributed by atoms with E-state index in [9.17, 15) is 8.42 Å². The number of aryl methyl sites for hydroxylation is 1. The molecule has 0 spiro atoms. The van der Waals surface area contributed by atoms with E-state index in [1.165, 1.54) is 4.31 Å². The van der Waals surface area contributed by atoms with Crippen LogP contribution in [0.25, 0.3) is 0 Å². The number of rotatable bonds is 4. The average molecular weight is 381 g/mol. The first-order valence-corrected chi connectivity index (χ1v) is 10.1. The molecule has 3 heterocycles. The molecule has 0 saturated carbocycles. The van der Waals surface area contributed by atoms with Gasteiger partial charge < -0.3 is 5.32 Å². The zero-order valence-corrected chi connectivity index (χ0v) is 15.6. The molecule has 1 aliphatic heterocycles. The zero-order valence-electron chi connectivity index (χ0n) is 14.8. The van der Waals surface area contributed by atoms with E-state index in [1.807, 2.05) is 25.1 Å². The van der Waals surface area contributed by atoms with E-state index < -0.39 is 10.0 Å². The summed E-state index contributed by atoms with van der Waals surface area (Å²) < 4.78 is 27.5. The van der Waals surface area contributed by atoms with Crippen LogP contribution in [0.2, 0.25) is 0 Å². The average Bonchev–Trinajstić information content (AvgIpc) is 2.69. The molecular formula is C19H19N5O2S. The second kappa shape index (κ2) is 7.05. The van der Waals surface area contributed by atoms with Crippen LogP contribution < -0.4 is 5.32 Å². The summed E-state index contributed by atoms with van der Waals surface area (Å²) in [5.74, 6) is 1.90. The summed E-state index contributed by atoms with van der Waals surface area (Å²) in [7, 11) is -3.57. The van der Waals surface area contributed by atoms with Gasteiger partial charge in [0.15, 0.2) is 0 Å². The van der Waals surface area contributed by atoms with E-state index >= 15 is 0 Å².